The highest BCUT2D eigenvalue weighted by Gasteiger charge is 2.26. The second-order valence-electron chi connectivity index (χ2n) is 13.4. The summed E-state index contributed by atoms with van der Waals surface area (Å²) in [5.41, 5.74) is 5.04. The summed E-state index contributed by atoms with van der Waals surface area (Å²) in [4.78, 5) is 76.6. The van der Waals surface area contributed by atoms with Gasteiger partial charge >= 0.3 is 12.1 Å². The molecule has 0 aliphatic heterocycles. The number of thioether (sulfide) groups is 1. The van der Waals surface area contributed by atoms with Crippen LogP contribution in [0.4, 0.5) is 4.79 Å². The van der Waals surface area contributed by atoms with Crippen molar-refractivity contribution in [3.05, 3.63) is 64.7 Å². The van der Waals surface area contributed by atoms with Crippen molar-refractivity contribution in [3.63, 3.8) is 0 Å². The Morgan fingerprint density at radius 1 is 0.873 bits per heavy atom. The highest BCUT2D eigenvalue weighted by atomic mass is 35.5. The van der Waals surface area contributed by atoms with E-state index in [1.54, 1.807) is 26.0 Å². The van der Waals surface area contributed by atoms with Crippen molar-refractivity contribution in [1.29, 1.82) is 0 Å². The van der Waals surface area contributed by atoms with Crippen molar-refractivity contribution >= 4 is 59.9 Å². The molecule has 16 heteroatoms. The van der Waals surface area contributed by atoms with E-state index in [0.717, 1.165) is 5.56 Å². The number of hydrogen-bond donors (Lipinski definition) is 5. The Bertz CT molecular complexity index is 1570. The molecule has 4 amide bonds. The summed E-state index contributed by atoms with van der Waals surface area (Å²) < 4.78 is 23.2. The first-order valence-electron chi connectivity index (χ1n) is 18.6. The molecular weight excluding hydrogens is 750 g/mol. The summed E-state index contributed by atoms with van der Waals surface area (Å²) in [5, 5.41) is 10.9. The first kappa shape index (κ1) is 46.8. The number of amides is 4. The number of esters is 1. The zero-order chi connectivity index (χ0) is 40.8. The lowest BCUT2D eigenvalue weighted by molar-refractivity contribution is -0.140. The fourth-order valence-electron chi connectivity index (χ4n) is 5.29. The summed E-state index contributed by atoms with van der Waals surface area (Å²) in [6, 6.07) is 9.73. The molecular formula is C39H58ClN5O9S. The number of benzene rings is 2. The molecule has 0 saturated carbocycles. The van der Waals surface area contributed by atoms with Gasteiger partial charge in [0.25, 0.3) is 0 Å². The molecule has 2 aromatic carbocycles. The average molecular weight is 809 g/mol. The minimum atomic E-state index is -1.07. The van der Waals surface area contributed by atoms with Crippen molar-refractivity contribution < 1.29 is 44.4 Å². The van der Waals surface area contributed by atoms with Crippen molar-refractivity contribution in [3.8, 4) is 5.75 Å². The molecule has 0 aliphatic rings. The molecule has 0 unspecified atom stereocenters. The van der Waals surface area contributed by atoms with Gasteiger partial charge in [-0.2, -0.15) is 11.8 Å². The van der Waals surface area contributed by atoms with Crippen LogP contribution in [0.15, 0.2) is 42.5 Å². The van der Waals surface area contributed by atoms with E-state index >= 15 is 0 Å². The van der Waals surface area contributed by atoms with Gasteiger partial charge in [0.2, 0.25) is 23.6 Å². The highest BCUT2D eigenvalue weighted by Crippen LogP contribution is 2.27. The van der Waals surface area contributed by atoms with E-state index in [9.17, 15) is 28.8 Å². The Kier molecular flexibility index (Phi) is 22.5. The zero-order valence-corrected chi connectivity index (χ0v) is 34.3. The van der Waals surface area contributed by atoms with Crippen LogP contribution in [0.3, 0.4) is 0 Å². The molecule has 0 radical (unpaired) electrons. The Morgan fingerprint density at radius 2 is 1.58 bits per heavy atom. The second kappa shape index (κ2) is 26.5. The van der Waals surface area contributed by atoms with E-state index in [2.05, 4.69) is 31.7 Å². The number of carbonyl (C=O) groups excluding carboxylic acids is 6. The maximum absolute atomic E-state index is 13.4. The molecule has 306 valence electrons. The lowest BCUT2D eigenvalue weighted by Crippen LogP contribution is -2.54. The fourth-order valence-corrected chi connectivity index (χ4v) is 5.76. The lowest BCUT2D eigenvalue weighted by atomic mass is 9.97. The first-order chi connectivity index (χ1) is 26.3. The predicted octanol–water partition coefficient (Wildman–Crippen LogP) is 3.70. The number of carbonyl (C=O) groups is 6. The Labute approximate surface area is 336 Å². The van der Waals surface area contributed by atoms with Gasteiger partial charge in [0.05, 0.1) is 26.3 Å². The number of unbranched alkanes of at least 4 members (excludes halogenated alkanes) is 2. The molecule has 2 aromatic rings. The third kappa shape index (κ3) is 18.7. The van der Waals surface area contributed by atoms with Crippen LogP contribution in [-0.4, -0.2) is 92.7 Å². The third-order valence-electron chi connectivity index (χ3n) is 8.36. The smallest absolute Gasteiger partial charge is 0.469 e. The summed E-state index contributed by atoms with van der Waals surface area (Å²) in [6.07, 6.45) is 3.83. The largest absolute Gasteiger partial charge is 0.513 e. The number of aryl methyl sites for hydroxylation is 1. The van der Waals surface area contributed by atoms with E-state index in [1.165, 1.54) is 18.9 Å². The quantitative estimate of drug-likeness (QED) is 0.0588. The molecule has 2 rings (SSSR count). The number of ether oxygens (including phenoxy) is 3. The molecule has 55 heavy (non-hydrogen) atoms. The minimum absolute atomic E-state index is 0. The van der Waals surface area contributed by atoms with E-state index in [-0.39, 0.29) is 56.1 Å². The van der Waals surface area contributed by atoms with Crippen molar-refractivity contribution in [1.82, 2.24) is 21.3 Å². The SMILES string of the molecule is Cl.[2H]N[C@@H](Cc1ccc(C)c(OC(=O)OCC(C)C)c1C)C(=O)N[C@@H](CCSC)C(=O)NCC(=O)N[C@@H](Cc1ccccc1)C(=O)NCCCCCC(=O)OC. The number of nitrogens with one attached hydrogen (secondary N) is 4. The summed E-state index contributed by atoms with van der Waals surface area (Å²) in [7, 11) is 1.34. The minimum Gasteiger partial charge on any atom is -0.469 e. The van der Waals surface area contributed by atoms with Crippen molar-refractivity contribution in [2.75, 3.05) is 38.8 Å². The van der Waals surface area contributed by atoms with Crippen LogP contribution in [0.1, 0.15) is 68.2 Å². The number of nitrogens with two attached hydrogens (primary N) is 1. The summed E-state index contributed by atoms with van der Waals surface area (Å²) in [6.45, 7) is 7.45. The van der Waals surface area contributed by atoms with Gasteiger partial charge in [-0.15, -0.1) is 12.4 Å². The molecule has 14 nitrogen and oxygen atoms in total. The van der Waals surface area contributed by atoms with Crippen LogP contribution < -0.4 is 31.7 Å². The second-order valence-corrected chi connectivity index (χ2v) is 14.3. The first-order valence-corrected chi connectivity index (χ1v) is 19.5. The highest BCUT2D eigenvalue weighted by molar-refractivity contribution is 7.98. The average Bonchev–Trinajstić information content (AvgIpc) is 3.17. The fraction of sp³-hybridized carbons (Fsp3) is 0.538. The molecule has 3 atom stereocenters. The van der Waals surface area contributed by atoms with Crippen LogP contribution in [0.25, 0.3) is 0 Å². The Morgan fingerprint density at radius 3 is 2.24 bits per heavy atom. The third-order valence-corrected chi connectivity index (χ3v) is 9.01. The van der Waals surface area contributed by atoms with E-state index in [1.807, 2.05) is 50.4 Å². The van der Waals surface area contributed by atoms with Gasteiger partial charge in [-0.1, -0.05) is 62.7 Å². The molecule has 6 N–H and O–H groups in total. The molecule has 0 spiro atoms. The lowest BCUT2D eigenvalue weighted by Gasteiger charge is -2.22. The summed E-state index contributed by atoms with van der Waals surface area (Å²) >= 11 is 1.48. The number of hydrogen-bond acceptors (Lipinski definition) is 11. The van der Waals surface area contributed by atoms with E-state index in [0.29, 0.717) is 60.4 Å². The maximum Gasteiger partial charge on any atom is 0.513 e. The zero-order valence-electron chi connectivity index (χ0n) is 33.6. The Balaban J connectivity index is 0.0000157. The topological polar surface area (TPSA) is 204 Å². The van der Waals surface area contributed by atoms with Crippen LogP contribution in [0, 0.1) is 19.8 Å². The van der Waals surface area contributed by atoms with Crippen LogP contribution in [0.2, 0.25) is 1.41 Å². The van der Waals surface area contributed by atoms with Gasteiger partial charge < -0.3 is 41.2 Å². The van der Waals surface area contributed by atoms with Crippen LogP contribution >= 0.6 is 24.2 Å². The maximum atomic E-state index is 13.4. The van der Waals surface area contributed by atoms with Gasteiger partial charge in [-0.05, 0) is 79.7 Å². The van der Waals surface area contributed by atoms with E-state index in [4.69, 9.17) is 10.9 Å². The van der Waals surface area contributed by atoms with Gasteiger partial charge in [0.1, 0.15) is 19.2 Å². The predicted molar refractivity (Wildman–Crippen MR) is 215 cm³/mol. The van der Waals surface area contributed by atoms with Crippen molar-refractivity contribution in [2.45, 2.75) is 90.8 Å². The summed E-state index contributed by atoms with van der Waals surface area (Å²) in [5.74, 6) is -1.51. The molecule has 0 fully saturated rings. The van der Waals surface area contributed by atoms with Gasteiger partial charge in [-0.25, -0.2) is 4.79 Å². The van der Waals surface area contributed by atoms with Gasteiger partial charge in [-0.3, -0.25) is 24.0 Å². The van der Waals surface area contributed by atoms with Gasteiger partial charge in [0, 0.05) is 19.4 Å². The number of methoxy groups -OCH3 is 1. The standard InChI is InChI=1S/C39H57N5O9S.ClH/c1-25(2)24-52-39(50)53-35-26(3)16-17-29(27(35)4)22-30(40)36(47)44-31(18-20-54-6)37(48)42-23-33(45)43-32(21-28-13-9-7-10-14-28)38(49)41-19-12-8-11-15-34(46)51-5;/h7,9-10,13-14,16-17,25,30-32H,8,11-12,15,18-24,40H2,1-6H3,(H,41,49)(H,42,48)(H,43,45)(H,44,47);1H/t30-,31-,32-;/m0./s1/i/hD. The molecule has 0 aromatic heterocycles. The molecule has 0 heterocycles. The van der Waals surface area contributed by atoms with Gasteiger partial charge in [0.15, 0.2) is 0 Å². The van der Waals surface area contributed by atoms with Crippen LogP contribution in [0.5, 0.6) is 5.75 Å². The van der Waals surface area contributed by atoms with Crippen molar-refractivity contribution in [2.24, 2.45) is 11.6 Å². The molecule has 0 bridgehead atoms. The molecule has 0 saturated heterocycles. The normalized spacial score (nSPS) is 12.5. The van der Waals surface area contributed by atoms with E-state index < -0.39 is 48.5 Å². The number of rotatable bonds is 24. The van der Waals surface area contributed by atoms with Crippen LogP contribution in [-0.2, 0) is 46.3 Å². The monoisotopic (exact) mass is 808 g/mol. The number of halogens is 1. The molecule has 0 aliphatic carbocycles. The Hall–Kier alpha value is -4.34.